The van der Waals surface area contributed by atoms with E-state index in [1.165, 1.54) is 0 Å². The fraction of sp³-hybridized carbons (Fsp3) is 0.308. The summed E-state index contributed by atoms with van der Waals surface area (Å²) in [6.45, 7) is 0.0754. The molecule has 108 valence electrons. The number of carbonyl (C=O) groups excluding carboxylic acids is 2. The van der Waals surface area contributed by atoms with Gasteiger partial charge in [0.25, 0.3) is 0 Å². The average Bonchev–Trinajstić information content (AvgIpc) is 2.39. The molecule has 0 aliphatic heterocycles. The maximum Gasteiger partial charge on any atom is 0.314 e. The summed E-state index contributed by atoms with van der Waals surface area (Å²) in [5, 5.41) is 14.0. The molecule has 0 saturated heterocycles. The van der Waals surface area contributed by atoms with Crippen molar-refractivity contribution in [3.63, 3.8) is 0 Å². The molecule has 0 fully saturated rings. The number of benzene rings is 1. The van der Waals surface area contributed by atoms with Gasteiger partial charge in [0.2, 0.25) is 5.91 Å². The zero-order chi connectivity index (χ0) is 15.0. The molecular formula is C13H17N3O4. The summed E-state index contributed by atoms with van der Waals surface area (Å²) >= 11 is 0. The van der Waals surface area contributed by atoms with Crippen molar-refractivity contribution < 1.29 is 19.5 Å². The largest absolute Gasteiger partial charge is 0.481 e. The summed E-state index contributed by atoms with van der Waals surface area (Å²) in [6, 6.07) is 8.09. The van der Waals surface area contributed by atoms with E-state index < -0.39 is 23.8 Å². The molecule has 0 heterocycles. The molecule has 5 N–H and O–H groups in total. The van der Waals surface area contributed by atoms with Crippen molar-refractivity contribution in [2.45, 2.75) is 12.3 Å². The molecule has 1 aromatic rings. The lowest BCUT2D eigenvalue weighted by Gasteiger charge is -2.14. The number of nitrogens with one attached hydrogen (secondary N) is 2. The summed E-state index contributed by atoms with van der Waals surface area (Å²) < 4.78 is 0. The van der Waals surface area contributed by atoms with Gasteiger partial charge < -0.3 is 21.5 Å². The number of nitrogens with two attached hydrogens (primary N) is 1. The number of amides is 3. The second kappa shape index (κ2) is 7.78. The number of primary amides is 1. The Morgan fingerprint density at radius 2 is 1.80 bits per heavy atom. The van der Waals surface area contributed by atoms with Crippen LogP contribution in [-0.2, 0) is 9.59 Å². The molecule has 0 aliphatic rings. The summed E-state index contributed by atoms with van der Waals surface area (Å²) in [4.78, 5) is 33.1. The van der Waals surface area contributed by atoms with Crippen molar-refractivity contribution in [2.24, 2.45) is 5.73 Å². The van der Waals surface area contributed by atoms with Gasteiger partial charge in [0.1, 0.15) is 0 Å². The van der Waals surface area contributed by atoms with Gasteiger partial charge in [-0.05, 0) is 5.56 Å². The first-order valence-corrected chi connectivity index (χ1v) is 6.08. The summed E-state index contributed by atoms with van der Waals surface area (Å²) in [5.74, 6) is -2.36. The van der Waals surface area contributed by atoms with Crippen LogP contribution in [0.5, 0.6) is 0 Å². The highest BCUT2D eigenvalue weighted by Crippen LogP contribution is 2.14. The smallest absolute Gasteiger partial charge is 0.314 e. The van der Waals surface area contributed by atoms with Crippen molar-refractivity contribution in [3.05, 3.63) is 35.9 Å². The summed E-state index contributed by atoms with van der Waals surface area (Å²) in [6.07, 6.45) is 0.0362. The van der Waals surface area contributed by atoms with Crippen LogP contribution < -0.4 is 16.4 Å². The van der Waals surface area contributed by atoms with E-state index in [4.69, 9.17) is 10.8 Å². The molecule has 0 spiro atoms. The van der Waals surface area contributed by atoms with E-state index in [0.717, 1.165) is 0 Å². The number of urea groups is 1. The van der Waals surface area contributed by atoms with Crippen LogP contribution in [0.25, 0.3) is 0 Å². The molecule has 1 atom stereocenters. The highest BCUT2D eigenvalue weighted by molar-refractivity contribution is 5.79. The second-order valence-corrected chi connectivity index (χ2v) is 4.15. The van der Waals surface area contributed by atoms with Gasteiger partial charge in [0, 0.05) is 19.5 Å². The van der Waals surface area contributed by atoms with Crippen LogP contribution in [0.4, 0.5) is 4.79 Å². The first-order chi connectivity index (χ1) is 9.50. The van der Waals surface area contributed by atoms with E-state index >= 15 is 0 Å². The molecule has 1 aromatic carbocycles. The predicted molar refractivity (Wildman–Crippen MR) is 72.0 cm³/mol. The van der Waals surface area contributed by atoms with Gasteiger partial charge in [-0.25, -0.2) is 4.79 Å². The number of hydrogen-bond donors (Lipinski definition) is 4. The number of carboxylic acids is 1. The maximum atomic E-state index is 11.4. The zero-order valence-corrected chi connectivity index (χ0v) is 10.8. The lowest BCUT2D eigenvalue weighted by molar-refractivity contribution is -0.138. The molecule has 20 heavy (non-hydrogen) atoms. The lowest BCUT2D eigenvalue weighted by atomic mass is 9.99. The molecule has 7 heteroatoms. The summed E-state index contributed by atoms with van der Waals surface area (Å²) in [5.41, 5.74) is 5.54. The molecule has 0 aromatic heterocycles. The molecule has 7 nitrogen and oxygen atoms in total. The molecule has 0 saturated carbocycles. The Hall–Kier alpha value is -2.57. The van der Waals surface area contributed by atoms with E-state index in [-0.39, 0.29) is 19.5 Å². The number of carbonyl (C=O) groups is 3. The summed E-state index contributed by atoms with van der Waals surface area (Å²) in [7, 11) is 0. The number of carboxylic acid groups (broad SMARTS) is 1. The van der Waals surface area contributed by atoms with Crippen LogP contribution in [0.2, 0.25) is 0 Å². The Morgan fingerprint density at radius 1 is 1.15 bits per heavy atom. The first-order valence-electron chi connectivity index (χ1n) is 6.08. The van der Waals surface area contributed by atoms with Crippen molar-refractivity contribution in [2.75, 3.05) is 13.1 Å². The minimum Gasteiger partial charge on any atom is -0.481 e. The molecule has 1 unspecified atom stereocenters. The Balaban J connectivity index is 2.46. The van der Waals surface area contributed by atoms with Gasteiger partial charge >= 0.3 is 12.0 Å². The lowest BCUT2D eigenvalue weighted by Crippen LogP contribution is -2.40. The standard InChI is InChI=1S/C13H17N3O4/c14-11(17)6-7-15-13(20)16-8-10(12(18)19)9-4-2-1-3-5-9/h1-5,10H,6-8H2,(H2,14,17)(H,18,19)(H2,15,16,20). The number of hydrogen-bond acceptors (Lipinski definition) is 3. The van der Waals surface area contributed by atoms with Crippen molar-refractivity contribution >= 4 is 17.9 Å². The normalized spacial score (nSPS) is 11.4. The minimum absolute atomic E-state index is 0.0362. The van der Waals surface area contributed by atoms with Crippen LogP contribution in [0.3, 0.4) is 0 Å². The van der Waals surface area contributed by atoms with Crippen LogP contribution in [0.15, 0.2) is 30.3 Å². The molecule has 0 aliphatic carbocycles. The molecule has 1 rings (SSSR count). The third-order valence-corrected chi connectivity index (χ3v) is 2.62. The van der Waals surface area contributed by atoms with Crippen LogP contribution in [0, 0.1) is 0 Å². The fourth-order valence-corrected chi connectivity index (χ4v) is 1.59. The van der Waals surface area contributed by atoms with Gasteiger partial charge in [-0.15, -0.1) is 0 Å². The minimum atomic E-state index is -1.02. The third-order valence-electron chi connectivity index (χ3n) is 2.62. The third kappa shape index (κ3) is 5.38. The van der Waals surface area contributed by atoms with E-state index in [9.17, 15) is 14.4 Å². The van der Waals surface area contributed by atoms with Crippen LogP contribution in [-0.4, -0.2) is 36.1 Å². The van der Waals surface area contributed by atoms with E-state index in [1.807, 2.05) is 0 Å². The van der Waals surface area contributed by atoms with Crippen molar-refractivity contribution in [1.29, 1.82) is 0 Å². The fourth-order valence-electron chi connectivity index (χ4n) is 1.59. The van der Waals surface area contributed by atoms with Gasteiger partial charge in [-0.2, -0.15) is 0 Å². The van der Waals surface area contributed by atoms with Crippen molar-refractivity contribution in [3.8, 4) is 0 Å². The van der Waals surface area contributed by atoms with Crippen LogP contribution >= 0.6 is 0 Å². The van der Waals surface area contributed by atoms with E-state index in [0.29, 0.717) is 5.56 Å². The Morgan fingerprint density at radius 3 is 2.35 bits per heavy atom. The zero-order valence-electron chi connectivity index (χ0n) is 10.8. The first kappa shape index (κ1) is 15.5. The van der Waals surface area contributed by atoms with Gasteiger partial charge in [0.05, 0.1) is 5.92 Å². The molecule has 3 amide bonds. The highest BCUT2D eigenvalue weighted by Gasteiger charge is 2.20. The number of aliphatic carboxylic acids is 1. The monoisotopic (exact) mass is 279 g/mol. The van der Waals surface area contributed by atoms with Crippen LogP contribution in [0.1, 0.15) is 17.9 Å². The Kier molecular flexibility index (Phi) is 6.02. The van der Waals surface area contributed by atoms with Gasteiger partial charge in [-0.3, -0.25) is 9.59 Å². The molecular weight excluding hydrogens is 262 g/mol. The predicted octanol–water partition coefficient (Wildman–Crippen LogP) is 0.0294. The molecule has 0 radical (unpaired) electrons. The average molecular weight is 279 g/mol. The van der Waals surface area contributed by atoms with E-state index in [1.54, 1.807) is 30.3 Å². The highest BCUT2D eigenvalue weighted by atomic mass is 16.4. The SMILES string of the molecule is NC(=O)CCNC(=O)NCC(C(=O)O)c1ccccc1. The van der Waals surface area contributed by atoms with Gasteiger partial charge in [0.15, 0.2) is 0 Å². The number of rotatable bonds is 7. The second-order valence-electron chi connectivity index (χ2n) is 4.15. The Labute approximate surface area is 116 Å². The Bertz CT molecular complexity index is 476. The quantitative estimate of drug-likeness (QED) is 0.562. The van der Waals surface area contributed by atoms with Crippen molar-refractivity contribution in [1.82, 2.24) is 10.6 Å². The van der Waals surface area contributed by atoms with E-state index in [2.05, 4.69) is 10.6 Å². The van der Waals surface area contributed by atoms with Gasteiger partial charge in [-0.1, -0.05) is 30.3 Å². The maximum absolute atomic E-state index is 11.4. The molecule has 0 bridgehead atoms. The topological polar surface area (TPSA) is 122 Å².